The van der Waals surface area contributed by atoms with Crippen LogP contribution >= 0.6 is 0 Å². The van der Waals surface area contributed by atoms with Crippen molar-refractivity contribution in [3.05, 3.63) is 102 Å². The molecule has 0 aliphatic heterocycles. The normalized spacial score (nSPS) is 12.4. The van der Waals surface area contributed by atoms with E-state index in [1.807, 2.05) is 48.5 Å². The van der Waals surface area contributed by atoms with E-state index in [1.165, 1.54) is 6.92 Å². The average Bonchev–Trinajstić information content (AvgIpc) is 3.22. The second-order valence-electron chi connectivity index (χ2n) is 10.1. The zero-order valence-electron chi connectivity index (χ0n) is 23.0. The summed E-state index contributed by atoms with van der Waals surface area (Å²) in [7, 11) is 0. The number of hydrogen-bond acceptors (Lipinski definition) is 6. The van der Waals surface area contributed by atoms with Crippen molar-refractivity contribution in [3.8, 4) is 28.6 Å². The van der Waals surface area contributed by atoms with Gasteiger partial charge in [0.1, 0.15) is 5.75 Å². The largest absolute Gasteiger partial charge is 0.494 e. The first-order valence-corrected chi connectivity index (χ1v) is 13.3. The van der Waals surface area contributed by atoms with Gasteiger partial charge in [0.25, 0.3) is 0 Å². The summed E-state index contributed by atoms with van der Waals surface area (Å²) in [4.78, 5) is 41.6. The number of ketones is 1. The second-order valence-corrected chi connectivity index (χ2v) is 10.1. The van der Waals surface area contributed by atoms with Crippen LogP contribution in [0.4, 0.5) is 4.79 Å². The molecule has 2 amide bonds. The summed E-state index contributed by atoms with van der Waals surface area (Å²) in [5, 5.41) is 25.5. The van der Waals surface area contributed by atoms with E-state index in [-0.39, 0.29) is 29.3 Å². The van der Waals surface area contributed by atoms with E-state index in [9.17, 15) is 24.6 Å². The van der Waals surface area contributed by atoms with Gasteiger partial charge < -0.3 is 25.6 Å². The monoisotopic (exact) mass is 555 g/mol. The van der Waals surface area contributed by atoms with Gasteiger partial charge >= 0.3 is 6.09 Å². The van der Waals surface area contributed by atoms with Gasteiger partial charge in [0, 0.05) is 5.56 Å². The van der Waals surface area contributed by atoms with Crippen molar-refractivity contribution in [1.29, 1.82) is 0 Å². The molecular formula is C32H33N3O6. The zero-order chi connectivity index (χ0) is 29.5. The molecule has 0 spiro atoms. The second kappa shape index (κ2) is 12.9. The Labute approximate surface area is 238 Å². The zero-order valence-corrected chi connectivity index (χ0v) is 23.0. The van der Waals surface area contributed by atoms with Crippen LogP contribution in [0.25, 0.3) is 11.1 Å². The molecule has 3 aromatic carbocycles. The Hall–Kier alpha value is -5.05. The molecule has 9 nitrogen and oxygen atoms in total. The summed E-state index contributed by atoms with van der Waals surface area (Å²) in [6.07, 6.45) is -0.912. The van der Waals surface area contributed by atoms with E-state index in [0.717, 1.165) is 11.1 Å². The lowest BCUT2D eigenvalue weighted by Crippen LogP contribution is -2.46. The van der Waals surface area contributed by atoms with Crippen molar-refractivity contribution in [2.24, 2.45) is 5.92 Å². The number of H-pyrrole nitrogens is 1. The van der Waals surface area contributed by atoms with Gasteiger partial charge in [0.15, 0.2) is 11.7 Å². The summed E-state index contributed by atoms with van der Waals surface area (Å²) in [6.45, 7) is 5.01. The van der Waals surface area contributed by atoms with Gasteiger partial charge in [-0.2, -0.15) is 0 Å². The topological polar surface area (TPSA) is 141 Å². The average molecular weight is 556 g/mol. The van der Waals surface area contributed by atoms with E-state index in [1.54, 1.807) is 50.2 Å². The number of carbonyl (C=O) groups is 3. The Bertz CT molecular complexity index is 1500. The van der Waals surface area contributed by atoms with Crippen LogP contribution < -0.4 is 15.4 Å². The SMILES string of the molecule is Cc1c(O)[nH]c(O)c1C(=O)[C@@H](NC(=O)CC(NC(=O)Oc1ccc(-c2ccccc2)cc1)c1ccccc1)C(C)C. The summed E-state index contributed by atoms with van der Waals surface area (Å²) >= 11 is 0. The molecule has 212 valence electrons. The molecule has 1 unspecified atom stereocenters. The fourth-order valence-corrected chi connectivity index (χ4v) is 4.54. The molecule has 0 saturated heterocycles. The van der Waals surface area contributed by atoms with Crippen molar-refractivity contribution in [2.75, 3.05) is 0 Å². The van der Waals surface area contributed by atoms with Crippen LogP contribution in [0.5, 0.6) is 17.5 Å². The van der Waals surface area contributed by atoms with Gasteiger partial charge in [-0.15, -0.1) is 0 Å². The highest BCUT2D eigenvalue weighted by Gasteiger charge is 2.31. The molecule has 4 aromatic rings. The number of rotatable bonds is 10. The number of Topliss-reactive ketones (excluding diaryl/α,β-unsaturated/α-hetero) is 1. The highest BCUT2D eigenvalue weighted by molar-refractivity contribution is 6.05. The molecule has 5 N–H and O–H groups in total. The van der Waals surface area contributed by atoms with Crippen LogP contribution in [0.1, 0.15) is 47.8 Å². The van der Waals surface area contributed by atoms with E-state index in [4.69, 9.17) is 4.74 Å². The van der Waals surface area contributed by atoms with Gasteiger partial charge in [-0.1, -0.05) is 86.6 Å². The number of aromatic nitrogens is 1. The van der Waals surface area contributed by atoms with Crippen molar-refractivity contribution in [1.82, 2.24) is 15.6 Å². The number of aromatic amines is 1. The van der Waals surface area contributed by atoms with E-state index in [2.05, 4.69) is 15.6 Å². The number of aromatic hydroxyl groups is 2. The van der Waals surface area contributed by atoms with E-state index < -0.39 is 35.7 Å². The van der Waals surface area contributed by atoms with Crippen LogP contribution in [-0.4, -0.2) is 39.0 Å². The first-order chi connectivity index (χ1) is 19.6. The van der Waals surface area contributed by atoms with Crippen LogP contribution in [0, 0.1) is 12.8 Å². The molecule has 4 rings (SSSR count). The lowest BCUT2D eigenvalue weighted by Gasteiger charge is -2.24. The van der Waals surface area contributed by atoms with Crippen molar-refractivity contribution in [2.45, 2.75) is 39.3 Å². The summed E-state index contributed by atoms with van der Waals surface area (Å²) in [6, 6.07) is 24.1. The maximum absolute atomic E-state index is 13.2. The summed E-state index contributed by atoms with van der Waals surface area (Å²) in [5.74, 6) is -1.80. The molecule has 1 heterocycles. The fraction of sp³-hybridized carbons (Fsp3) is 0.219. The third kappa shape index (κ3) is 7.13. The summed E-state index contributed by atoms with van der Waals surface area (Å²) in [5.41, 5.74) is 2.80. The van der Waals surface area contributed by atoms with Gasteiger partial charge in [0.2, 0.25) is 11.8 Å². The summed E-state index contributed by atoms with van der Waals surface area (Å²) < 4.78 is 5.49. The molecule has 0 bridgehead atoms. The van der Waals surface area contributed by atoms with Gasteiger partial charge in [-0.3, -0.25) is 14.6 Å². The predicted molar refractivity (Wildman–Crippen MR) is 155 cm³/mol. The van der Waals surface area contributed by atoms with Gasteiger partial charge in [0.05, 0.1) is 24.1 Å². The third-order valence-electron chi connectivity index (χ3n) is 6.77. The minimum Gasteiger partial charge on any atom is -0.494 e. The quantitative estimate of drug-likeness (QED) is 0.160. The molecular weight excluding hydrogens is 522 g/mol. The highest BCUT2D eigenvalue weighted by Crippen LogP contribution is 2.30. The van der Waals surface area contributed by atoms with E-state index in [0.29, 0.717) is 11.3 Å². The number of ether oxygens (including phenoxy) is 1. The van der Waals surface area contributed by atoms with Crippen molar-refractivity contribution < 1.29 is 29.3 Å². The molecule has 0 aliphatic rings. The Kier molecular flexibility index (Phi) is 9.08. The van der Waals surface area contributed by atoms with Gasteiger partial charge in [-0.05, 0) is 41.7 Å². The molecule has 0 saturated carbocycles. The Morgan fingerprint density at radius 1 is 0.805 bits per heavy atom. The predicted octanol–water partition coefficient (Wildman–Crippen LogP) is 5.64. The number of carbonyl (C=O) groups excluding carboxylic acids is 3. The van der Waals surface area contributed by atoms with Crippen LogP contribution in [0.15, 0.2) is 84.9 Å². The molecule has 41 heavy (non-hydrogen) atoms. The fourth-order valence-electron chi connectivity index (χ4n) is 4.54. The number of benzene rings is 3. The lowest BCUT2D eigenvalue weighted by molar-refractivity contribution is -0.122. The van der Waals surface area contributed by atoms with Crippen molar-refractivity contribution in [3.63, 3.8) is 0 Å². The first-order valence-electron chi connectivity index (χ1n) is 13.3. The lowest BCUT2D eigenvalue weighted by atomic mass is 9.93. The maximum atomic E-state index is 13.2. The Balaban J connectivity index is 1.45. The Morgan fingerprint density at radius 3 is 1.95 bits per heavy atom. The smallest absolute Gasteiger partial charge is 0.413 e. The number of hydrogen-bond donors (Lipinski definition) is 5. The standard InChI is InChI=1S/C32H33N3O6/c1-19(2)28(29(37)27-20(3)30(38)35-31(27)39)34-26(36)18-25(23-12-8-5-9-13-23)33-32(40)41-24-16-14-22(15-17-24)21-10-6-4-7-11-21/h4-17,19,25,28,35,38-39H,18H2,1-3H3,(H,33,40)(H,34,36)/t25?,28-/m0/s1. The molecule has 0 radical (unpaired) electrons. The first kappa shape index (κ1) is 28.9. The Morgan fingerprint density at radius 2 is 1.39 bits per heavy atom. The minimum atomic E-state index is -0.978. The van der Waals surface area contributed by atoms with E-state index >= 15 is 0 Å². The van der Waals surface area contributed by atoms with Gasteiger partial charge in [-0.25, -0.2) is 4.79 Å². The molecule has 0 fully saturated rings. The minimum absolute atomic E-state index is 0.0823. The van der Waals surface area contributed by atoms with Crippen LogP contribution in [0.3, 0.4) is 0 Å². The highest BCUT2D eigenvalue weighted by atomic mass is 16.6. The molecule has 0 aliphatic carbocycles. The number of amides is 2. The van der Waals surface area contributed by atoms with Crippen molar-refractivity contribution >= 4 is 17.8 Å². The number of nitrogens with one attached hydrogen (secondary N) is 3. The van der Waals surface area contributed by atoms with Crippen LogP contribution in [0.2, 0.25) is 0 Å². The molecule has 2 atom stereocenters. The molecule has 9 heteroatoms. The molecule has 1 aromatic heterocycles. The maximum Gasteiger partial charge on any atom is 0.413 e. The third-order valence-corrected chi connectivity index (χ3v) is 6.77. The van der Waals surface area contributed by atoms with Crippen LogP contribution in [-0.2, 0) is 4.79 Å².